The smallest absolute Gasteiger partial charge is 0.373 e. The molecule has 154 valence electrons. The van der Waals surface area contributed by atoms with Gasteiger partial charge in [-0.05, 0) is 43.2 Å². The van der Waals surface area contributed by atoms with Crippen LogP contribution < -0.4 is 0 Å². The van der Waals surface area contributed by atoms with Gasteiger partial charge in [-0.2, -0.15) is 0 Å². The first-order chi connectivity index (χ1) is 13.6. The molecule has 1 aliphatic heterocycles. The highest BCUT2D eigenvalue weighted by atomic mass is 16.6. The van der Waals surface area contributed by atoms with E-state index >= 15 is 0 Å². The third kappa shape index (κ3) is 3.56. The first-order valence-corrected chi connectivity index (χ1v) is 8.71. The van der Waals surface area contributed by atoms with Crippen LogP contribution in [-0.4, -0.2) is 58.5 Å². The molecule has 3 atom stereocenters. The first kappa shape index (κ1) is 20.4. The molecule has 0 bridgehead atoms. The number of carbonyl (C=O) groups excluding carboxylic acids is 3. The summed E-state index contributed by atoms with van der Waals surface area (Å²) in [5, 5.41) is 30.2. The van der Waals surface area contributed by atoms with Gasteiger partial charge in [-0.25, -0.2) is 9.59 Å². The summed E-state index contributed by atoms with van der Waals surface area (Å²) >= 11 is 0. The van der Waals surface area contributed by atoms with Gasteiger partial charge in [0.1, 0.15) is 23.2 Å². The van der Waals surface area contributed by atoms with Crippen molar-refractivity contribution in [3.63, 3.8) is 0 Å². The number of benzene rings is 1. The van der Waals surface area contributed by atoms with Crippen molar-refractivity contribution in [2.45, 2.75) is 25.6 Å². The second-order valence-electron chi connectivity index (χ2n) is 7.06. The minimum absolute atomic E-state index is 0.110. The summed E-state index contributed by atoms with van der Waals surface area (Å²) in [6.45, 7) is 2.55. The highest BCUT2D eigenvalue weighted by molar-refractivity contribution is 6.01. The van der Waals surface area contributed by atoms with E-state index in [9.17, 15) is 29.7 Å². The molecule has 2 aliphatic rings. The lowest BCUT2D eigenvalue weighted by Gasteiger charge is -2.41. The second kappa shape index (κ2) is 7.25. The van der Waals surface area contributed by atoms with E-state index in [4.69, 9.17) is 9.47 Å². The van der Waals surface area contributed by atoms with Crippen molar-refractivity contribution in [2.75, 3.05) is 13.7 Å². The zero-order valence-electron chi connectivity index (χ0n) is 16.0. The molecule has 0 radical (unpaired) electrons. The fourth-order valence-electron chi connectivity index (χ4n) is 3.42. The Labute approximate surface area is 165 Å². The van der Waals surface area contributed by atoms with E-state index in [1.54, 1.807) is 0 Å². The molecule has 1 heterocycles. The van der Waals surface area contributed by atoms with Crippen LogP contribution in [0.25, 0.3) is 0 Å². The molecule has 1 aromatic carbocycles. The highest BCUT2D eigenvalue weighted by Crippen LogP contribution is 2.38. The molecule has 0 amide bonds. The van der Waals surface area contributed by atoms with Crippen LogP contribution in [0.5, 0.6) is 11.5 Å². The summed E-state index contributed by atoms with van der Waals surface area (Å²) in [7, 11) is 1.18. The van der Waals surface area contributed by atoms with E-state index in [2.05, 4.69) is 4.74 Å². The van der Waals surface area contributed by atoms with Crippen LogP contribution >= 0.6 is 0 Å². The fraction of sp³-hybridized carbons (Fsp3) is 0.350. The maximum absolute atomic E-state index is 12.7. The number of aliphatic hydroxyl groups is 1. The van der Waals surface area contributed by atoms with Gasteiger partial charge in [0.15, 0.2) is 11.4 Å². The summed E-state index contributed by atoms with van der Waals surface area (Å²) in [5.74, 6) is -4.01. The number of allylic oxidation sites excluding steroid dienone is 1. The van der Waals surface area contributed by atoms with Crippen molar-refractivity contribution in [2.24, 2.45) is 5.92 Å². The number of hydrogen-bond donors (Lipinski definition) is 3. The van der Waals surface area contributed by atoms with Crippen LogP contribution in [0.4, 0.5) is 0 Å². The van der Waals surface area contributed by atoms with Gasteiger partial charge in [0.25, 0.3) is 0 Å². The highest BCUT2D eigenvalue weighted by Gasteiger charge is 2.51. The third-order valence-corrected chi connectivity index (χ3v) is 4.98. The fourth-order valence-corrected chi connectivity index (χ4v) is 3.42. The van der Waals surface area contributed by atoms with Gasteiger partial charge in [0, 0.05) is 6.07 Å². The number of phenols is 2. The Bertz CT molecular complexity index is 932. The van der Waals surface area contributed by atoms with Crippen molar-refractivity contribution in [3.05, 3.63) is 46.7 Å². The van der Waals surface area contributed by atoms with E-state index in [1.807, 2.05) is 0 Å². The van der Waals surface area contributed by atoms with Crippen molar-refractivity contribution >= 4 is 17.7 Å². The summed E-state index contributed by atoms with van der Waals surface area (Å²) in [5.41, 5.74) is -1.66. The molecule has 3 unspecified atom stereocenters. The average Bonchev–Trinajstić information content (AvgIpc) is 2.63. The minimum atomic E-state index is -2.05. The maximum atomic E-state index is 12.7. The number of hydrogen-bond acceptors (Lipinski definition) is 9. The van der Waals surface area contributed by atoms with Crippen molar-refractivity contribution in [1.29, 1.82) is 0 Å². The molecule has 1 aliphatic carbocycles. The lowest BCUT2D eigenvalue weighted by atomic mass is 9.75. The minimum Gasteiger partial charge on any atom is -0.508 e. The Morgan fingerprint density at radius 2 is 1.90 bits per heavy atom. The number of methoxy groups -OCH3 is 1. The molecule has 0 saturated heterocycles. The third-order valence-electron chi connectivity index (χ3n) is 4.98. The number of rotatable bonds is 3. The first-order valence-electron chi connectivity index (χ1n) is 8.71. The normalized spacial score (nSPS) is 25.9. The van der Waals surface area contributed by atoms with Crippen LogP contribution in [0.15, 0.2) is 35.6 Å². The molecular formula is C20H20O9. The molecule has 3 N–H and O–H groups in total. The number of fused-ring (bicyclic) bond motifs is 1. The van der Waals surface area contributed by atoms with Gasteiger partial charge < -0.3 is 29.5 Å². The Kier molecular flexibility index (Phi) is 5.10. The lowest BCUT2D eigenvalue weighted by molar-refractivity contribution is -0.153. The molecule has 0 fully saturated rings. The van der Waals surface area contributed by atoms with Crippen molar-refractivity contribution in [3.8, 4) is 11.5 Å². The Morgan fingerprint density at radius 1 is 1.21 bits per heavy atom. The lowest BCUT2D eigenvalue weighted by Crippen LogP contribution is -2.56. The maximum Gasteiger partial charge on any atom is 0.373 e. The predicted molar refractivity (Wildman–Crippen MR) is 97.0 cm³/mol. The number of esters is 2. The van der Waals surface area contributed by atoms with Crippen LogP contribution in [0, 0.1) is 12.8 Å². The quantitative estimate of drug-likeness (QED) is 0.627. The van der Waals surface area contributed by atoms with E-state index < -0.39 is 41.1 Å². The number of carbonyl (C=O) groups is 3. The largest absolute Gasteiger partial charge is 0.508 e. The van der Waals surface area contributed by atoms with Gasteiger partial charge in [0.2, 0.25) is 5.76 Å². The molecule has 0 saturated carbocycles. The molecule has 1 aromatic rings. The zero-order valence-corrected chi connectivity index (χ0v) is 16.0. The molecule has 29 heavy (non-hydrogen) atoms. The number of ketones is 1. The van der Waals surface area contributed by atoms with Gasteiger partial charge in [-0.1, -0.05) is 0 Å². The van der Waals surface area contributed by atoms with Crippen LogP contribution in [0.1, 0.15) is 22.8 Å². The Balaban J connectivity index is 1.96. The number of aryl methyl sites for hydroxylation is 1. The molecule has 9 heteroatoms. The molecule has 0 spiro atoms. The van der Waals surface area contributed by atoms with Crippen molar-refractivity contribution < 1.29 is 43.9 Å². The monoisotopic (exact) mass is 404 g/mol. The molecule has 9 nitrogen and oxygen atoms in total. The number of phenolic OH excluding ortho intramolecular Hbond substituents is 2. The van der Waals surface area contributed by atoms with Gasteiger partial charge in [-0.15, -0.1) is 0 Å². The average molecular weight is 404 g/mol. The zero-order chi connectivity index (χ0) is 21.5. The van der Waals surface area contributed by atoms with Gasteiger partial charge in [-0.3, -0.25) is 4.79 Å². The SMILES string of the molecule is COC(=O)C1=CC2=CC(=O)C(C)(O)C(OC(=O)c3c(C)cc(O)cc3O)C2CO1. The van der Waals surface area contributed by atoms with Crippen LogP contribution in [0.3, 0.4) is 0 Å². The summed E-state index contributed by atoms with van der Waals surface area (Å²) in [6.07, 6.45) is 1.13. The summed E-state index contributed by atoms with van der Waals surface area (Å²) in [6, 6.07) is 2.25. The van der Waals surface area contributed by atoms with E-state index in [0.717, 1.165) is 6.07 Å². The molecular weight excluding hydrogens is 384 g/mol. The molecule has 0 aromatic heterocycles. The van der Waals surface area contributed by atoms with Crippen molar-refractivity contribution in [1.82, 2.24) is 0 Å². The standard InChI is InChI=1S/C20H20O9/c1-9-4-11(21)7-13(22)16(9)19(25)29-17-12-8-28-14(18(24)27-3)5-10(12)6-15(23)20(17,2)26/h4-7,12,17,21-22,26H,8H2,1-3H3. The van der Waals surface area contributed by atoms with E-state index in [1.165, 1.54) is 39.2 Å². The van der Waals surface area contributed by atoms with Crippen LogP contribution in [0.2, 0.25) is 0 Å². The second-order valence-corrected chi connectivity index (χ2v) is 7.06. The van der Waals surface area contributed by atoms with Gasteiger partial charge >= 0.3 is 11.9 Å². The summed E-state index contributed by atoms with van der Waals surface area (Å²) in [4.78, 5) is 36.8. The van der Waals surface area contributed by atoms with E-state index in [0.29, 0.717) is 5.57 Å². The van der Waals surface area contributed by atoms with E-state index in [-0.39, 0.29) is 29.2 Å². The number of ether oxygens (including phenoxy) is 3. The topological polar surface area (TPSA) is 140 Å². The summed E-state index contributed by atoms with van der Waals surface area (Å²) < 4.78 is 15.4. The van der Waals surface area contributed by atoms with Gasteiger partial charge in [0.05, 0.1) is 19.6 Å². The number of aromatic hydroxyl groups is 2. The van der Waals surface area contributed by atoms with Crippen LogP contribution in [-0.2, 0) is 23.8 Å². The molecule has 3 rings (SSSR count). The predicted octanol–water partition coefficient (Wildman–Crippen LogP) is 0.895. The Hall–Kier alpha value is -3.33. The Morgan fingerprint density at radius 3 is 2.52 bits per heavy atom.